The van der Waals surface area contributed by atoms with Crippen LogP contribution in [0, 0.1) is 0 Å². The van der Waals surface area contributed by atoms with Crippen molar-refractivity contribution in [3.63, 3.8) is 0 Å². The van der Waals surface area contributed by atoms with E-state index in [9.17, 15) is 4.79 Å². The minimum Gasteiger partial charge on any atom is -0.490 e. The molecule has 18 heavy (non-hydrogen) atoms. The van der Waals surface area contributed by atoms with Crippen LogP contribution in [0.15, 0.2) is 24.3 Å². The molecule has 2 rings (SSSR count). The van der Waals surface area contributed by atoms with Crippen LogP contribution in [0.4, 0.5) is 0 Å². The monoisotopic (exact) mass is 250 g/mol. The molecule has 0 heterocycles. The summed E-state index contributed by atoms with van der Waals surface area (Å²) in [4.78, 5) is 10.9. The SMILES string of the molecule is CCOc1ccccc1OC1(CC(=O)O)CCC1. The van der Waals surface area contributed by atoms with E-state index in [0.29, 0.717) is 18.1 Å². The van der Waals surface area contributed by atoms with E-state index < -0.39 is 11.6 Å². The lowest BCUT2D eigenvalue weighted by Gasteiger charge is -2.41. The van der Waals surface area contributed by atoms with E-state index in [-0.39, 0.29) is 6.42 Å². The molecule has 4 nitrogen and oxygen atoms in total. The van der Waals surface area contributed by atoms with E-state index in [2.05, 4.69) is 0 Å². The second kappa shape index (κ2) is 5.29. The first-order valence-electron chi connectivity index (χ1n) is 6.28. The molecule has 0 saturated heterocycles. The molecule has 1 aromatic rings. The van der Waals surface area contributed by atoms with Crippen LogP contribution in [0.25, 0.3) is 0 Å². The standard InChI is InChI=1S/C14H18O4/c1-2-17-11-6-3-4-7-12(11)18-14(8-5-9-14)10-13(15)16/h3-4,6-7H,2,5,8-10H2,1H3,(H,15,16). The van der Waals surface area contributed by atoms with Gasteiger partial charge in [-0.2, -0.15) is 0 Å². The maximum Gasteiger partial charge on any atom is 0.307 e. The molecular weight excluding hydrogens is 232 g/mol. The third-order valence-electron chi connectivity index (χ3n) is 3.21. The molecule has 1 saturated carbocycles. The molecule has 0 aliphatic heterocycles. The Morgan fingerprint density at radius 1 is 1.33 bits per heavy atom. The summed E-state index contributed by atoms with van der Waals surface area (Å²) >= 11 is 0. The highest BCUT2D eigenvalue weighted by Gasteiger charge is 2.42. The first-order valence-corrected chi connectivity index (χ1v) is 6.28. The molecule has 0 atom stereocenters. The number of carboxylic acids is 1. The Morgan fingerprint density at radius 3 is 2.50 bits per heavy atom. The van der Waals surface area contributed by atoms with E-state index >= 15 is 0 Å². The number of hydrogen-bond acceptors (Lipinski definition) is 3. The fraction of sp³-hybridized carbons (Fsp3) is 0.500. The average Bonchev–Trinajstić information content (AvgIpc) is 2.28. The van der Waals surface area contributed by atoms with Gasteiger partial charge < -0.3 is 14.6 Å². The van der Waals surface area contributed by atoms with Crippen molar-refractivity contribution < 1.29 is 19.4 Å². The highest BCUT2D eigenvalue weighted by atomic mass is 16.5. The summed E-state index contributed by atoms with van der Waals surface area (Å²) in [5.74, 6) is 0.501. The predicted octanol–water partition coefficient (Wildman–Crippen LogP) is 2.86. The van der Waals surface area contributed by atoms with Gasteiger partial charge in [-0.15, -0.1) is 0 Å². The Morgan fingerprint density at radius 2 is 2.00 bits per heavy atom. The molecule has 0 aromatic heterocycles. The smallest absolute Gasteiger partial charge is 0.307 e. The molecule has 0 amide bonds. The second-order valence-corrected chi connectivity index (χ2v) is 4.59. The summed E-state index contributed by atoms with van der Waals surface area (Å²) in [6, 6.07) is 7.41. The number of hydrogen-bond donors (Lipinski definition) is 1. The number of ether oxygens (including phenoxy) is 2. The molecule has 1 aliphatic carbocycles. The van der Waals surface area contributed by atoms with Gasteiger partial charge in [-0.05, 0) is 38.3 Å². The van der Waals surface area contributed by atoms with Crippen LogP contribution in [-0.2, 0) is 4.79 Å². The highest BCUT2D eigenvalue weighted by Crippen LogP contribution is 2.41. The quantitative estimate of drug-likeness (QED) is 0.843. The zero-order valence-corrected chi connectivity index (χ0v) is 10.5. The first kappa shape index (κ1) is 12.7. The molecular formula is C14H18O4. The van der Waals surface area contributed by atoms with Crippen molar-refractivity contribution in [2.24, 2.45) is 0 Å². The zero-order chi connectivity index (χ0) is 13.0. The minimum atomic E-state index is -0.816. The van der Waals surface area contributed by atoms with Crippen molar-refractivity contribution in [3.8, 4) is 11.5 Å². The van der Waals surface area contributed by atoms with E-state index in [0.717, 1.165) is 19.3 Å². The molecule has 0 spiro atoms. The number of carbonyl (C=O) groups is 1. The molecule has 0 bridgehead atoms. The summed E-state index contributed by atoms with van der Waals surface area (Å²) < 4.78 is 11.4. The molecule has 1 fully saturated rings. The van der Waals surface area contributed by atoms with Gasteiger partial charge >= 0.3 is 5.97 Å². The van der Waals surface area contributed by atoms with E-state index in [1.165, 1.54) is 0 Å². The van der Waals surface area contributed by atoms with Crippen LogP contribution in [0.3, 0.4) is 0 Å². The fourth-order valence-electron chi connectivity index (χ4n) is 2.20. The van der Waals surface area contributed by atoms with Crippen LogP contribution >= 0.6 is 0 Å². The number of para-hydroxylation sites is 2. The van der Waals surface area contributed by atoms with E-state index in [1.54, 1.807) is 0 Å². The minimum absolute atomic E-state index is 0.0491. The number of benzene rings is 1. The number of aliphatic carboxylic acids is 1. The zero-order valence-electron chi connectivity index (χ0n) is 10.5. The largest absolute Gasteiger partial charge is 0.490 e. The van der Waals surface area contributed by atoms with Crippen LogP contribution in [0.5, 0.6) is 11.5 Å². The maximum atomic E-state index is 10.9. The Balaban J connectivity index is 2.14. The summed E-state index contributed by atoms with van der Waals surface area (Å²) in [5.41, 5.74) is -0.543. The molecule has 98 valence electrons. The van der Waals surface area contributed by atoms with Gasteiger partial charge in [-0.25, -0.2) is 0 Å². The number of rotatable bonds is 6. The third kappa shape index (κ3) is 2.75. The van der Waals surface area contributed by atoms with Crippen molar-refractivity contribution in [2.45, 2.75) is 38.2 Å². The van der Waals surface area contributed by atoms with E-state index in [4.69, 9.17) is 14.6 Å². The lowest BCUT2D eigenvalue weighted by molar-refractivity contribution is -0.144. The van der Waals surface area contributed by atoms with Gasteiger partial charge in [0.05, 0.1) is 13.0 Å². The van der Waals surface area contributed by atoms with Crippen molar-refractivity contribution in [1.29, 1.82) is 0 Å². The molecule has 4 heteroatoms. The maximum absolute atomic E-state index is 10.9. The predicted molar refractivity (Wildman–Crippen MR) is 67.1 cm³/mol. The van der Waals surface area contributed by atoms with Gasteiger partial charge in [0.15, 0.2) is 11.5 Å². The van der Waals surface area contributed by atoms with Crippen LogP contribution in [0.2, 0.25) is 0 Å². The summed E-state index contributed by atoms with van der Waals surface area (Å²) in [6.07, 6.45) is 2.65. The summed E-state index contributed by atoms with van der Waals surface area (Å²) in [7, 11) is 0. The second-order valence-electron chi connectivity index (χ2n) is 4.59. The first-order chi connectivity index (χ1) is 8.65. The number of carboxylic acid groups (broad SMARTS) is 1. The van der Waals surface area contributed by atoms with Crippen LogP contribution in [0.1, 0.15) is 32.6 Å². The van der Waals surface area contributed by atoms with Gasteiger partial charge in [0.25, 0.3) is 0 Å². The molecule has 0 radical (unpaired) electrons. The van der Waals surface area contributed by atoms with E-state index in [1.807, 2.05) is 31.2 Å². The lowest BCUT2D eigenvalue weighted by Crippen LogP contribution is -2.45. The van der Waals surface area contributed by atoms with Crippen LogP contribution in [-0.4, -0.2) is 23.3 Å². The van der Waals surface area contributed by atoms with Crippen molar-refractivity contribution in [1.82, 2.24) is 0 Å². The fourth-order valence-corrected chi connectivity index (χ4v) is 2.20. The van der Waals surface area contributed by atoms with Crippen molar-refractivity contribution in [3.05, 3.63) is 24.3 Å². The summed E-state index contributed by atoms with van der Waals surface area (Å²) in [5, 5.41) is 8.95. The lowest BCUT2D eigenvalue weighted by atomic mass is 9.77. The Bertz CT molecular complexity index is 424. The highest BCUT2D eigenvalue weighted by molar-refractivity contribution is 5.68. The Hall–Kier alpha value is -1.71. The average molecular weight is 250 g/mol. The van der Waals surface area contributed by atoms with Crippen molar-refractivity contribution in [2.75, 3.05) is 6.61 Å². The van der Waals surface area contributed by atoms with Gasteiger partial charge in [0.1, 0.15) is 5.60 Å². The van der Waals surface area contributed by atoms with Crippen LogP contribution < -0.4 is 9.47 Å². The Kier molecular flexibility index (Phi) is 3.75. The molecule has 1 aliphatic rings. The van der Waals surface area contributed by atoms with Gasteiger partial charge in [-0.3, -0.25) is 4.79 Å². The third-order valence-corrected chi connectivity index (χ3v) is 3.21. The van der Waals surface area contributed by atoms with Gasteiger partial charge in [-0.1, -0.05) is 12.1 Å². The van der Waals surface area contributed by atoms with Gasteiger partial charge in [0.2, 0.25) is 0 Å². The topological polar surface area (TPSA) is 55.8 Å². The molecule has 0 unspecified atom stereocenters. The van der Waals surface area contributed by atoms with Crippen molar-refractivity contribution >= 4 is 5.97 Å². The molecule has 1 N–H and O–H groups in total. The normalized spacial score (nSPS) is 16.7. The Labute approximate surface area is 107 Å². The molecule has 1 aromatic carbocycles. The summed E-state index contributed by atoms with van der Waals surface area (Å²) in [6.45, 7) is 2.47. The van der Waals surface area contributed by atoms with Gasteiger partial charge in [0, 0.05) is 0 Å².